The number of rotatable bonds is 10. The number of carboxylic acid groups (broad SMARTS) is 1. The molecular weight excluding hydrogens is 595 g/mol. The van der Waals surface area contributed by atoms with Crippen LogP contribution in [0.3, 0.4) is 0 Å². The van der Waals surface area contributed by atoms with Crippen LogP contribution in [-0.2, 0) is 19.6 Å². The molecule has 5 aromatic rings. The molecule has 2 aliphatic rings. The molecule has 1 N–H and O–H groups in total. The van der Waals surface area contributed by atoms with Gasteiger partial charge in [-0.3, -0.25) is 0 Å². The molecule has 2 saturated carbocycles. The summed E-state index contributed by atoms with van der Waals surface area (Å²) in [6.07, 6.45) is 7.35. The summed E-state index contributed by atoms with van der Waals surface area (Å²) in [5.41, 5.74) is 3.90. The maximum absolute atomic E-state index is 13.7. The first-order valence-corrected chi connectivity index (χ1v) is 15.7. The Morgan fingerprint density at radius 3 is 2.71 bits per heavy atom. The Balaban J connectivity index is 1.03. The van der Waals surface area contributed by atoms with E-state index in [1.807, 2.05) is 18.2 Å². The van der Waals surface area contributed by atoms with Crippen LogP contribution in [-0.4, -0.2) is 25.6 Å². The van der Waals surface area contributed by atoms with Crippen molar-refractivity contribution in [2.75, 3.05) is 0 Å². The molecule has 0 amide bonds. The molecule has 2 aromatic carbocycles. The first kappa shape index (κ1) is 29.3. The highest BCUT2D eigenvalue weighted by atomic mass is 35.5. The summed E-state index contributed by atoms with van der Waals surface area (Å²) in [4.78, 5) is 21.5. The fraction of sp³-hybridized carbons (Fsp3) is 0.371. The summed E-state index contributed by atoms with van der Waals surface area (Å²) in [6, 6.07) is 17.4. The minimum Gasteiger partial charge on any atom is -0.478 e. The normalized spacial score (nSPS) is 19.0. The number of nitrogens with zero attached hydrogens (tertiary/aromatic N) is 4. The highest BCUT2D eigenvalue weighted by Crippen LogP contribution is 2.50. The second-order valence-electron chi connectivity index (χ2n) is 12.6. The zero-order valence-electron chi connectivity index (χ0n) is 24.6. The van der Waals surface area contributed by atoms with Gasteiger partial charge in [0.1, 0.15) is 18.0 Å². The van der Waals surface area contributed by atoms with Gasteiger partial charge in [-0.2, -0.15) is 9.65 Å². The molecule has 0 radical (unpaired) electrons. The van der Waals surface area contributed by atoms with Crippen LogP contribution in [0.1, 0.15) is 78.3 Å². The van der Waals surface area contributed by atoms with Crippen LogP contribution in [0, 0.1) is 28.7 Å². The number of hydrogen-bond donors (Lipinski definition) is 1. The first-order chi connectivity index (χ1) is 21.8. The van der Waals surface area contributed by atoms with Gasteiger partial charge in [-0.05, 0) is 74.8 Å². The highest BCUT2D eigenvalue weighted by molar-refractivity contribution is 6.35. The van der Waals surface area contributed by atoms with E-state index in [1.165, 1.54) is 6.07 Å². The fourth-order valence-corrected chi connectivity index (χ4v) is 6.95. The largest absolute Gasteiger partial charge is 0.478 e. The Morgan fingerprint density at radius 1 is 1.13 bits per heavy atom. The molecule has 0 bridgehead atoms. The number of carboxylic acids is 1. The Kier molecular flexibility index (Phi) is 7.70. The Hall–Kier alpha value is -4.42. The molecule has 8 nitrogen and oxygen atoms in total. The zero-order chi connectivity index (χ0) is 31.1. The molecule has 2 fully saturated rings. The van der Waals surface area contributed by atoms with Crippen molar-refractivity contribution in [2.24, 2.45) is 11.3 Å². The van der Waals surface area contributed by atoms with E-state index in [-0.39, 0.29) is 17.6 Å². The molecule has 0 spiro atoms. The second-order valence-corrected chi connectivity index (χ2v) is 13.0. The number of benzene rings is 2. The van der Waals surface area contributed by atoms with Crippen LogP contribution in [0.4, 0.5) is 4.39 Å². The van der Waals surface area contributed by atoms with Crippen molar-refractivity contribution in [1.29, 1.82) is 5.26 Å². The quantitative estimate of drug-likeness (QED) is 0.165. The van der Waals surface area contributed by atoms with Gasteiger partial charge in [0.2, 0.25) is 5.88 Å². The third kappa shape index (κ3) is 5.99. The van der Waals surface area contributed by atoms with Crippen LogP contribution in [0.2, 0.25) is 5.02 Å². The molecule has 0 unspecified atom stereocenters. The molecule has 7 rings (SSSR count). The number of pyridine rings is 1. The maximum Gasteiger partial charge on any atom is 0.335 e. The van der Waals surface area contributed by atoms with Gasteiger partial charge in [-0.15, -0.1) is 0 Å². The van der Waals surface area contributed by atoms with Gasteiger partial charge in [-0.25, -0.2) is 14.8 Å². The number of furan rings is 1. The van der Waals surface area contributed by atoms with E-state index in [0.717, 1.165) is 67.5 Å². The molecular formula is C35H32ClFN4O4. The Labute approximate surface area is 264 Å². The predicted molar refractivity (Wildman–Crippen MR) is 167 cm³/mol. The van der Waals surface area contributed by atoms with Crippen molar-refractivity contribution in [1.82, 2.24) is 14.5 Å². The number of fused-ring (bicyclic) bond motifs is 2. The average Bonchev–Trinajstić information content (AvgIpc) is 3.55. The fourth-order valence-electron chi connectivity index (χ4n) is 6.75. The minimum atomic E-state index is -0.957. The van der Waals surface area contributed by atoms with Crippen molar-refractivity contribution in [3.05, 3.63) is 88.3 Å². The highest BCUT2D eigenvalue weighted by Gasteiger charge is 2.43. The van der Waals surface area contributed by atoms with E-state index >= 15 is 0 Å². The molecule has 10 heteroatoms. The second kappa shape index (κ2) is 11.8. The third-order valence-electron chi connectivity index (χ3n) is 9.52. The average molecular weight is 627 g/mol. The van der Waals surface area contributed by atoms with Crippen molar-refractivity contribution in [3.63, 3.8) is 0 Å². The lowest BCUT2D eigenvalue weighted by atomic mass is 9.79. The van der Waals surface area contributed by atoms with Gasteiger partial charge in [0.05, 0.1) is 27.7 Å². The lowest BCUT2D eigenvalue weighted by Gasteiger charge is -2.28. The van der Waals surface area contributed by atoms with Gasteiger partial charge in [0.25, 0.3) is 6.01 Å². The van der Waals surface area contributed by atoms with Crippen LogP contribution in [0.15, 0.2) is 59.0 Å². The number of carbonyl (C=O) groups is 1. The van der Waals surface area contributed by atoms with E-state index < -0.39 is 12.0 Å². The van der Waals surface area contributed by atoms with Gasteiger partial charge < -0.3 is 18.8 Å². The molecule has 0 atom stereocenters. The molecule has 45 heavy (non-hydrogen) atoms. The predicted octanol–water partition coefficient (Wildman–Crippen LogP) is 8.46. The molecule has 3 aromatic heterocycles. The number of imidazole rings is 1. The summed E-state index contributed by atoms with van der Waals surface area (Å²) < 4.78 is 27.2. The SMILES string of the molecule is N#CCC1(Cn2c(CC3CCC(c4cccc(OCc5ccc(Cl)c6cc(F)oc56)n4)CC3)nc3ccc(C(=O)O)cc32)CC1. The van der Waals surface area contributed by atoms with Crippen LogP contribution < -0.4 is 4.74 Å². The lowest BCUT2D eigenvalue weighted by Crippen LogP contribution is -2.20. The summed E-state index contributed by atoms with van der Waals surface area (Å²) in [5.74, 6) is 1.28. The van der Waals surface area contributed by atoms with Gasteiger partial charge >= 0.3 is 5.97 Å². The lowest BCUT2D eigenvalue weighted by molar-refractivity contribution is 0.0697. The number of aromatic carboxylic acids is 1. The van der Waals surface area contributed by atoms with E-state index in [9.17, 15) is 19.6 Å². The third-order valence-corrected chi connectivity index (χ3v) is 9.85. The van der Waals surface area contributed by atoms with Crippen molar-refractivity contribution in [2.45, 2.75) is 70.4 Å². The van der Waals surface area contributed by atoms with Gasteiger partial charge in [-0.1, -0.05) is 23.7 Å². The van der Waals surface area contributed by atoms with Crippen molar-refractivity contribution >= 4 is 39.6 Å². The summed E-state index contributed by atoms with van der Waals surface area (Å²) in [5, 5.41) is 19.9. The minimum absolute atomic E-state index is 0.0412. The summed E-state index contributed by atoms with van der Waals surface area (Å²) in [7, 11) is 0. The molecule has 0 saturated heterocycles. The van der Waals surface area contributed by atoms with Crippen LogP contribution >= 0.6 is 11.6 Å². The maximum atomic E-state index is 13.7. The van der Waals surface area contributed by atoms with Crippen LogP contribution in [0.5, 0.6) is 5.88 Å². The van der Waals surface area contributed by atoms with E-state index in [4.69, 9.17) is 30.7 Å². The summed E-state index contributed by atoms with van der Waals surface area (Å²) >= 11 is 6.19. The van der Waals surface area contributed by atoms with E-state index in [1.54, 1.807) is 30.3 Å². The monoisotopic (exact) mass is 626 g/mol. The standard InChI is InChI=1S/C35H32ClFN4O4/c36-26-10-8-24(33-25(26)18-30(37)45-33)19-44-32-3-1-2-27(40-32)22-6-4-21(5-7-22)16-31-39-28-11-9-23(34(42)43)17-29(28)41(31)20-35(12-13-35)14-15-38/h1-3,8-11,17-18,21-22H,4-7,12-14,16,19-20H2,(H,42,43). The zero-order valence-corrected chi connectivity index (χ0v) is 25.4. The van der Waals surface area contributed by atoms with Gasteiger partial charge in [0, 0.05) is 59.5 Å². The smallest absolute Gasteiger partial charge is 0.335 e. The van der Waals surface area contributed by atoms with Gasteiger partial charge in [0.15, 0.2) is 0 Å². The number of nitriles is 1. The number of ether oxygens (including phenoxy) is 1. The Bertz CT molecular complexity index is 1950. The van der Waals surface area contributed by atoms with E-state index in [2.05, 4.69) is 10.6 Å². The number of hydrogen-bond acceptors (Lipinski definition) is 6. The molecule has 230 valence electrons. The number of aromatic nitrogens is 3. The number of halogens is 2. The van der Waals surface area contributed by atoms with Crippen molar-refractivity contribution < 1.29 is 23.4 Å². The van der Waals surface area contributed by atoms with Crippen molar-refractivity contribution in [3.8, 4) is 11.9 Å². The van der Waals surface area contributed by atoms with E-state index in [0.29, 0.717) is 52.2 Å². The van der Waals surface area contributed by atoms with Crippen LogP contribution in [0.25, 0.3) is 22.0 Å². The summed E-state index contributed by atoms with van der Waals surface area (Å²) in [6.45, 7) is 0.867. The topological polar surface area (TPSA) is 114 Å². The molecule has 3 heterocycles. The molecule has 0 aliphatic heterocycles. The first-order valence-electron chi connectivity index (χ1n) is 15.4. The molecule has 2 aliphatic carbocycles. The Morgan fingerprint density at radius 2 is 1.96 bits per heavy atom.